The SMILES string of the molecule is O=C(Nc1ccc2oc(=O)[nH]c2c1)c1ccc(-n2cncn2)cc1. The summed E-state index contributed by atoms with van der Waals surface area (Å²) < 4.78 is 6.53. The van der Waals surface area contributed by atoms with Crippen LogP contribution in [0.25, 0.3) is 16.8 Å². The molecule has 2 heterocycles. The molecule has 0 bridgehead atoms. The van der Waals surface area contributed by atoms with Crippen molar-refractivity contribution in [2.75, 3.05) is 5.32 Å². The maximum absolute atomic E-state index is 12.3. The van der Waals surface area contributed by atoms with Crippen LogP contribution in [0.15, 0.2) is 64.3 Å². The van der Waals surface area contributed by atoms with Crippen molar-refractivity contribution in [3.8, 4) is 5.69 Å². The zero-order valence-electron chi connectivity index (χ0n) is 12.3. The Balaban J connectivity index is 1.55. The topological polar surface area (TPSA) is 106 Å². The van der Waals surface area contributed by atoms with E-state index in [4.69, 9.17) is 4.42 Å². The second-order valence-corrected chi connectivity index (χ2v) is 5.07. The number of aromatic amines is 1. The van der Waals surface area contributed by atoms with Gasteiger partial charge >= 0.3 is 5.76 Å². The van der Waals surface area contributed by atoms with E-state index in [0.29, 0.717) is 22.4 Å². The molecule has 1 amide bonds. The second kappa shape index (κ2) is 5.51. The third kappa shape index (κ3) is 2.56. The molecule has 0 aliphatic rings. The largest absolute Gasteiger partial charge is 0.417 e. The van der Waals surface area contributed by atoms with Crippen LogP contribution in [0.2, 0.25) is 0 Å². The Hall–Kier alpha value is -3.68. The van der Waals surface area contributed by atoms with Crippen LogP contribution in [0.1, 0.15) is 10.4 Å². The lowest BCUT2D eigenvalue weighted by molar-refractivity contribution is 0.102. The highest BCUT2D eigenvalue weighted by atomic mass is 16.4. The molecular formula is C16H11N5O3. The van der Waals surface area contributed by atoms with Crippen LogP contribution < -0.4 is 11.1 Å². The average molecular weight is 321 g/mol. The van der Waals surface area contributed by atoms with Crippen LogP contribution in [-0.4, -0.2) is 25.7 Å². The van der Waals surface area contributed by atoms with E-state index in [0.717, 1.165) is 5.69 Å². The number of oxazole rings is 1. The standard InChI is InChI=1S/C16H11N5O3/c22-15(10-1-4-12(5-2-10)21-9-17-8-18-21)19-11-3-6-14-13(7-11)20-16(23)24-14/h1-9H,(H,19,22)(H,20,23). The molecule has 118 valence electrons. The molecule has 0 fully saturated rings. The molecule has 4 aromatic rings. The van der Waals surface area contributed by atoms with Crippen LogP contribution in [0, 0.1) is 0 Å². The zero-order chi connectivity index (χ0) is 16.5. The average Bonchev–Trinajstić information content (AvgIpc) is 3.23. The molecule has 2 aromatic carbocycles. The van der Waals surface area contributed by atoms with E-state index in [1.54, 1.807) is 53.5 Å². The van der Waals surface area contributed by atoms with Crippen molar-refractivity contribution in [2.24, 2.45) is 0 Å². The Bertz CT molecular complexity index is 1060. The number of rotatable bonds is 3. The van der Waals surface area contributed by atoms with Crippen molar-refractivity contribution in [1.29, 1.82) is 0 Å². The van der Waals surface area contributed by atoms with Crippen LogP contribution in [0.4, 0.5) is 5.69 Å². The Morgan fingerprint density at radius 2 is 2.00 bits per heavy atom. The first-order valence-electron chi connectivity index (χ1n) is 7.08. The van der Waals surface area contributed by atoms with Crippen LogP contribution >= 0.6 is 0 Å². The molecule has 8 heteroatoms. The van der Waals surface area contributed by atoms with Gasteiger partial charge in [0.15, 0.2) is 5.58 Å². The third-order valence-corrected chi connectivity index (χ3v) is 3.49. The number of hydrogen-bond acceptors (Lipinski definition) is 5. The highest BCUT2D eigenvalue weighted by Crippen LogP contribution is 2.17. The lowest BCUT2D eigenvalue weighted by Crippen LogP contribution is -2.11. The summed E-state index contributed by atoms with van der Waals surface area (Å²) in [5.74, 6) is -0.789. The minimum Gasteiger partial charge on any atom is -0.408 e. The van der Waals surface area contributed by atoms with Crippen LogP contribution in [0.5, 0.6) is 0 Å². The van der Waals surface area contributed by atoms with Gasteiger partial charge in [0.2, 0.25) is 0 Å². The highest BCUT2D eigenvalue weighted by molar-refractivity contribution is 6.05. The highest BCUT2D eigenvalue weighted by Gasteiger charge is 2.08. The van der Waals surface area contributed by atoms with E-state index in [1.807, 2.05) is 0 Å². The molecule has 0 aliphatic heterocycles. The van der Waals surface area contributed by atoms with E-state index in [1.165, 1.54) is 6.33 Å². The van der Waals surface area contributed by atoms with Crippen molar-refractivity contribution in [1.82, 2.24) is 19.7 Å². The smallest absolute Gasteiger partial charge is 0.408 e. The fraction of sp³-hybridized carbons (Fsp3) is 0. The van der Waals surface area contributed by atoms with Crippen LogP contribution in [0.3, 0.4) is 0 Å². The molecule has 2 N–H and O–H groups in total. The number of nitrogens with one attached hydrogen (secondary N) is 2. The van der Waals surface area contributed by atoms with Crippen molar-refractivity contribution in [2.45, 2.75) is 0 Å². The number of carbonyl (C=O) groups excluding carboxylic acids is 1. The van der Waals surface area contributed by atoms with Gasteiger partial charge in [0, 0.05) is 11.3 Å². The summed E-state index contributed by atoms with van der Waals surface area (Å²) in [5, 5.41) is 6.80. The molecule has 0 saturated heterocycles. The number of aromatic nitrogens is 4. The first kappa shape index (κ1) is 13.9. The van der Waals surface area contributed by atoms with Crippen molar-refractivity contribution < 1.29 is 9.21 Å². The molecule has 0 saturated carbocycles. The number of hydrogen-bond donors (Lipinski definition) is 2. The van der Waals surface area contributed by atoms with Gasteiger partial charge in [-0.2, -0.15) is 5.10 Å². The van der Waals surface area contributed by atoms with Gasteiger partial charge in [-0.15, -0.1) is 0 Å². The molecular weight excluding hydrogens is 310 g/mol. The van der Waals surface area contributed by atoms with Crippen molar-refractivity contribution in [3.63, 3.8) is 0 Å². The van der Waals surface area contributed by atoms with E-state index in [9.17, 15) is 9.59 Å². The van der Waals surface area contributed by atoms with E-state index >= 15 is 0 Å². The van der Waals surface area contributed by atoms with Gasteiger partial charge in [-0.05, 0) is 42.5 Å². The van der Waals surface area contributed by atoms with Gasteiger partial charge in [-0.3, -0.25) is 9.78 Å². The van der Waals surface area contributed by atoms with Gasteiger partial charge < -0.3 is 9.73 Å². The monoisotopic (exact) mass is 321 g/mol. The van der Waals surface area contributed by atoms with Gasteiger partial charge in [0.25, 0.3) is 5.91 Å². The molecule has 24 heavy (non-hydrogen) atoms. The van der Waals surface area contributed by atoms with E-state index < -0.39 is 5.76 Å². The number of anilines is 1. The number of carbonyl (C=O) groups is 1. The number of benzene rings is 2. The lowest BCUT2D eigenvalue weighted by Gasteiger charge is -2.06. The minimum atomic E-state index is -0.530. The summed E-state index contributed by atoms with van der Waals surface area (Å²) in [6.45, 7) is 0. The summed E-state index contributed by atoms with van der Waals surface area (Å²) in [7, 11) is 0. The Labute approximate surface area is 134 Å². The molecule has 8 nitrogen and oxygen atoms in total. The predicted molar refractivity (Wildman–Crippen MR) is 86.1 cm³/mol. The molecule has 0 radical (unpaired) electrons. The summed E-state index contributed by atoms with van der Waals surface area (Å²) >= 11 is 0. The van der Waals surface area contributed by atoms with Gasteiger partial charge in [-0.25, -0.2) is 14.5 Å². The number of amides is 1. The van der Waals surface area contributed by atoms with Gasteiger partial charge in [0.05, 0.1) is 11.2 Å². The Morgan fingerprint density at radius 3 is 2.75 bits per heavy atom. The summed E-state index contributed by atoms with van der Waals surface area (Å²) in [6, 6.07) is 11.9. The lowest BCUT2D eigenvalue weighted by atomic mass is 10.2. The van der Waals surface area contributed by atoms with Crippen LogP contribution in [-0.2, 0) is 0 Å². The molecule has 0 spiro atoms. The Kier molecular flexibility index (Phi) is 3.20. The first-order chi connectivity index (χ1) is 11.7. The molecule has 0 unspecified atom stereocenters. The molecule has 0 atom stereocenters. The molecule has 4 rings (SSSR count). The number of H-pyrrole nitrogens is 1. The fourth-order valence-electron chi connectivity index (χ4n) is 2.34. The number of nitrogens with zero attached hydrogens (tertiary/aromatic N) is 3. The molecule has 0 aliphatic carbocycles. The third-order valence-electron chi connectivity index (χ3n) is 3.49. The van der Waals surface area contributed by atoms with E-state index in [-0.39, 0.29) is 5.91 Å². The maximum Gasteiger partial charge on any atom is 0.417 e. The normalized spacial score (nSPS) is 10.8. The van der Waals surface area contributed by atoms with Crippen molar-refractivity contribution >= 4 is 22.7 Å². The van der Waals surface area contributed by atoms with Crippen molar-refractivity contribution in [3.05, 3.63) is 71.2 Å². The summed E-state index contributed by atoms with van der Waals surface area (Å²) in [4.78, 5) is 29.9. The number of fused-ring (bicyclic) bond motifs is 1. The van der Waals surface area contributed by atoms with Gasteiger partial charge in [0.1, 0.15) is 12.7 Å². The summed E-state index contributed by atoms with van der Waals surface area (Å²) in [6.07, 6.45) is 3.02. The van der Waals surface area contributed by atoms with E-state index in [2.05, 4.69) is 20.4 Å². The maximum atomic E-state index is 12.3. The summed E-state index contributed by atoms with van der Waals surface area (Å²) in [5.41, 5.74) is 2.83. The predicted octanol–water partition coefficient (Wildman–Crippen LogP) is 1.95. The molecule has 2 aromatic heterocycles. The quantitative estimate of drug-likeness (QED) is 0.600. The fourth-order valence-corrected chi connectivity index (χ4v) is 2.34. The second-order valence-electron chi connectivity index (χ2n) is 5.07. The minimum absolute atomic E-state index is 0.259. The van der Waals surface area contributed by atoms with Gasteiger partial charge in [-0.1, -0.05) is 0 Å². The Morgan fingerprint density at radius 1 is 1.17 bits per heavy atom. The first-order valence-corrected chi connectivity index (χ1v) is 7.08. The zero-order valence-corrected chi connectivity index (χ0v) is 12.3.